The lowest BCUT2D eigenvalue weighted by atomic mass is 9.97. The van der Waals surface area contributed by atoms with Crippen LogP contribution in [0.15, 0.2) is 23.3 Å². The molecule has 0 bridgehead atoms. The Morgan fingerprint density at radius 3 is 2.74 bits per heavy atom. The summed E-state index contributed by atoms with van der Waals surface area (Å²) in [5.74, 6) is 1.58. The van der Waals surface area contributed by atoms with Gasteiger partial charge in [0.15, 0.2) is 0 Å². The molecule has 4 heterocycles. The molecule has 3 aromatic rings. The minimum absolute atomic E-state index is 0.0234. The molecule has 5 rings (SSSR count). The monoisotopic (exact) mass is 424 g/mol. The first kappa shape index (κ1) is 20.1. The Hall–Kier alpha value is -2.85. The summed E-state index contributed by atoms with van der Waals surface area (Å²) < 4.78 is 8.68. The minimum atomic E-state index is 0.0234. The number of hydrogen-bond donors (Lipinski definition) is 0. The van der Waals surface area contributed by atoms with Crippen LogP contribution in [-0.4, -0.2) is 74.1 Å². The maximum absolute atomic E-state index is 12.4. The van der Waals surface area contributed by atoms with Crippen LogP contribution >= 0.6 is 0 Å². The number of aryl methyl sites for hydroxylation is 2. The lowest BCUT2D eigenvalue weighted by Crippen LogP contribution is -2.48. The SMILES string of the molecule is COCc1cc(N2CCN(CCn3nc4c(cc3=O)CCCC4)CC2)n2ncnc2n1. The largest absolute Gasteiger partial charge is 0.378 e. The second-order valence-electron chi connectivity index (χ2n) is 8.22. The van der Waals surface area contributed by atoms with Gasteiger partial charge in [-0.25, -0.2) is 9.67 Å². The molecule has 164 valence electrons. The number of fused-ring (bicyclic) bond motifs is 2. The molecule has 10 heteroatoms. The van der Waals surface area contributed by atoms with Crippen LogP contribution in [0.1, 0.15) is 29.8 Å². The van der Waals surface area contributed by atoms with Crippen molar-refractivity contribution >= 4 is 11.6 Å². The highest BCUT2D eigenvalue weighted by Gasteiger charge is 2.21. The predicted octanol–water partition coefficient (Wildman–Crippen LogP) is 0.528. The minimum Gasteiger partial charge on any atom is -0.378 e. The molecule has 1 fully saturated rings. The van der Waals surface area contributed by atoms with Gasteiger partial charge in [-0.05, 0) is 31.2 Å². The topological polar surface area (TPSA) is 93.7 Å². The van der Waals surface area contributed by atoms with Crippen LogP contribution in [0, 0.1) is 0 Å². The number of piperazine rings is 1. The van der Waals surface area contributed by atoms with Crippen LogP contribution in [-0.2, 0) is 30.7 Å². The second kappa shape index (κ2) is 8.72. The van der Waals surface area contributed by atoms with Crippen molar-refractivity contribution in [1.29, 1.82) is 0 Å². The van der Waals surface area contributed by atoms with Gasteiger partial charge in [0.05, 0.1) is 24.5 Å². The Morgan fingerprint density at radius 1 is 1.06 bits per heavy atom. The zero-order valence-electron chi connectivity index (χ0n) is 17.9. The lowest BCUT2D eigenvalue weighted by Gasteiger charge is -2.36. The highest BCUT2D eigenvalue weighted by molar-refractivity contribution is 5.47. The smallest absolute Gasteiger partial charge is 0.267 e. The van der Waals surface area contributed by atoms with Crippen molar-refractivity contribution < 1.29 is 4.74 Å². The Labute approximate surface area is 180 Å². The van der Waals surface area contributed by atoms with Gasteiger partial charge in [-0.3, -0.25) is 9.69 Å². The van der Waals surface area contributed by atoms with Gasteiger partial charge in [-0.15, -0.1) is 0 Å². The Bertz CT molecular complexity index is 1120. The van der Waals surface area contributed by atoms with Crippen LogP contribution in [0.2, 0.25) is 0 Å². The van der Waals surface area contributed by atoms with Crippen LogP contribution in [0.25, 0.3) is 5.78 Å². The van der Waals surface area contributed by atoms with E-state index < -0.39 is 0 Å². The van der Waals surface area contributed by atoms with Gasteiger partial charge in [-0.1, -0.05) is 0 Å². The summed E-state index contributed by atoms with van der Waals surface area (Å²) in [6, 6.07) is 3.82. The number of hydrogen-bond acceptors (Lipinski definition) is 8. The summed E-state index contributed by atoms with van der Waals surface area (Å²) in [6.07, 6.45) is 5.83. The van der Waals surface area contributed by atoms with Crippen molar-refractivity contribution in [2.45, 2.75) is 38.8 Å². The Morgan fingerprint density at radius 2 is 1.90 bits per heavy atom. The molecule has 10 nitrogen and oxygen atoms in total. The van der Waals surface area contributed by atoms with Crippen LogP contribution in [0.3, 0.4) is 0 Å². The van der Waals surface area contributed by atoms with Gasteiger partial charge in [0.1, 0.15) is 12.1 Å². The summed E-state index contributed by atoms with van der Waals surface area (Å²) in [5.41, 5.74) is 3.12. The van der Waals surface area contributed by atoms with Crippen molar-refractivity contribution in [3.05, 3.63) is 45.8 Å². The van der Waals surface area contributed by atoms with E-state index in [0.717, 1.165) is 74.8 Å². The van der Waals surface area contributed by atoms with E-state index in [9.17, 15) is 4.79 Å². The molecule has 1 aliphatic heterocycles. The van der Waals surface area contributed by atoms with E-state index in [2.05, 4.69) is 30.0 Å². The van der Waals surface area contributed by atoms with Gasteiger partial charge in [0.25, 0.3) is 11.3 Å². The molecular weight excluding hydrogens is 396 g/mol. The van der Waals surface area contributed by atoms with Crippen molar-refractivity contribution in [3.8, 4) is 0 Å². The van der Waals surface area contributed by atoms with Crippen molar-refractivity contribution in [2.75, 3.05) is 44.7 Å². The van der Waals surface area contributed by atoms with Crippen molar-refractivity contribution in [3.63, 3.8) is 0 Å². The van der Waals surface area contributed by atoms with E-state index in [-0.39, 0.29) is 5.56 Å². The number of rotatable bonds is 6. The number of anilines is 1. The molecule has 1 aliphatic carbocycles. The zero-order valence-corrected chi connectivity index (χ0v) is 17.9. The predicted molar refractivity (Wildman–Crippen MR) is 115 cm³/mol. The number of nitrogens with zero attached hydrogens (tertiary/aromatic N) is 8. The van der Waals surface area contributed by atoms with E-state index in [1.807, 2.05) is 6.07 Å². The highest BCUT2D eigenvalue weighted by Crippen LogP contribution is 2.19. The van der Waals surface area contributed by atoms with Crippen LogP contribution in [0.4, 0.5) is 5.82 Å². The Kier molecular flexibility index (Phi) is 5.65. The zero-order chi connectivity index (χ0) is 21.2. The molecule has 1 saturated heterocycles. The van der Waals surface area contributed by atoms with Crippen molar-refractivity contribution in [2.24, 2.45) is 0 Å². The third-order valence-electron chi connectivity index (χ3n) is 6.18. The molecular formula is C21H28N8O2. The molecule has 31 heavy (non-hydrogen) atoms. The maximum Gasteiger partial charge on any atom is 0.267 e. The summed E-state index contributed by atoms with van der Waals surface area (Å²) in [4.78, 5) is 25.9. The normalized spacial score (nSPS) is 17.3. The van der Waals surface area contributed by atoms with E-state index in [0.29, 0.717) is 18.9 Å². The Balaban J connectivity index is 1.23. The number of methoxy groups -OCH3 is 1. The van der Waals surface area contributed by atoms with Gasteiger partial charge >= 0.3 is 0 Å². The van der Waals surface area contributed by atoms with Gasteiger partial charge in [0, 0.05) is 52.0 Å². The molecule has 0 aromatic carbocycles. The second-order valence-corrected chi connectivity index (χ2v) is 8.22. The third kappa shape index (κ3) is 4.17. The van der Waals surface area contributed by atoms with E-state index in [1.165, 1.54) is 12.7 Å². The van der Waals surface area contributed by atoms with Crippen LogP contribution in [0.5, 0.6) is 0 Å². The molecule has 0 spiro atoms. The lowest BCUT2D eigenvalue weighted by molar-refractivity contribution is 0.181. The molecule has 2 aliphatic rings. The molecule has 0 N–H and O–H groups in total. The maximum atomic E-state index is 12.4. The first-order chi connectivity index (χ1) is 15.2. The average molecular weight is 425 g/mol. The van der Waals surface area contributed by atoms with Gasteiger partial charge in [0.2, 0.25) is 0 Å². The van der Waals surface area contributed by atoms with E-state index >= 15 is 0 Å². The quantitative estimate of drug-likeness (QED) is 0.566. The highest BCUT2D eigenvalue weighted by atomic mass is 16.5. The third-order valence-corrected chi connectivity index (χ3v) is 6.18. The molecule has 0 unspecified atom stereocenters. The molecule has 0 amide bonds. The van der Waals surface area contributed by atoms with E-state index in [4.69, 9.17) is 4.74 Å². The molecule has 0 saturated carbocycles. The number of aromatic nitrogens is 6. The molecule has 3 aromatic heterocycles. The summed E-state index contributed by atoms with van der Waals surface area (Å²) in [5, 5.41) is 8.98. The van der Waals surface area contributed by atoms with Gasteiger partial charge < -0.3 is 9.64 Å². The first-order valence-corrected chi connectivity index (χ1v) is 11.0. The fourth-order valence-corrected chi connectivity index (χ4v) is 4.49. The summed E-state index contributed by atoms with van der Waals surface area (Å²) >= 11 is 0. The van der Waals surface area contributed by atoms with Crippen molar-refractivity contribution in [1.82, 2.24) is 34.3 Å². The van der Waals surface area contributed by atoms with E-state index in [1.54, 1.807) is 22.4 Å². The first-order valence-electron chi connectivity index (χ1n) is 11.0. The number of ether oxygens (including phenoxy) is 1. The van der Waals surface area contributed by atoms with Crippen LogP contribution < -0.4 is 10.5 Å². The molecule has 0 radical (unpaired) electrons. The summed E-state index contributed by atoms with van der Waals surface area (Å²) in [7, 11) is 1.66. The van der Waals surface area contributed by atoms with Gasteiger partial charge in [-0.2, -0.15) is 19.7 Å². The summed E-state index contributed by atoms with van der Waals surface area (Å²) in [6.45, 7) is 5.47. The fraction of sp³-hybridized carbons (Fsp3) is 0.571. The molecule has 0 atom stereocenters. The average Bonchev–Trinajstić information content (AvgIpc) is 3.26. The fourth-order valence-electron chi connectivity index (χ4n) is 4.49. The standard InChI is InChI=1S/C21H28N8O2/c1-31-14-17-13-19(29-21(24-17)22-15-23-29)27-9-6-26(7-10-27)8-11-28-20(30)12-16-4-2-3-5-18(16)25-28/h12-13,15H,2-11,14H2,1H3.